The van der Waals surface area contributed by atoms with Gasteiger partial charge in [-0.3, -0.25) is 0 Å². The van der Waals surface area contributed by atoms with Gasteiger partial charge in [0.05, 0.1) is 5.02 Å². The first-order chi connectivity index (χ1) is 9.29. The van der Waals surface area contributed by atoms with Gasteiger partial charge in [0.2, 0.25) is 5.88 Å². The van der Waals surface area contributed by atoms with Gasteiger partial charge < -0.3 is 9.84 Å². The number of hydrogen-bond acceptors (Lipinski definition) is 4. The second kappa shape index (κ2) is 5.00. The first-order valence-corrected chi connectivity index (χ1v) is 5.36. The molecule has 0 bridgehead atoms. The predicted octanol–water partition coefficient (Wildman–Crippen LogP) is 3.00. The molecule has 0 spiro atoms. The molecule has 20 heavy (non-hydrogen) atoms. The summed E-state index contributed by atoms with van der Waals surface area (Å²) < 4.78 is 42.6. The molecule has 2 aromatic heterocycles. The van der Waals surface area contributed by atoms with Crippen molar-refractivity contribution < 1.29 is 27.8 Å². The third-order valence-electron chi connectivity index (χ3n) is 2.10. The van der Waals surface area contributed by atoms with E-state index in [-0.39, 0.29) is 10.8 Å². The van der Waals surface area contributed by atoms with Crippen LogP contribution >= 0.6 is 11.6 Å². The van der Waals surface area contributed by atoms with Crippen molar-refractivity contribution in [3.63, 3.8) is 0 Å². The van der Waals surface area contributed by atoms with Crippen LogP contribution in [0.3, 0.4) is 0 Å². The zero-order chi connectivity index (χ0) is 14.9. The van der Waals surface area contributed by atoms with E-state index in [1.165, 1.54) is 18.3 Å². The predicted molar refractivity (Wildman–Crippen MR) is 60.0 cm³/mol. The van der Waals surface area contributed by atoms with Crippen LogP contribution in [0.2, 0.25) is 5.02 Å². The summed E-state index contributed by atoms with van der Waals surface area (Å²) in [6.07, 6.45) is -5.28. The van der Waals surface area contributed by atoms with Crippen molar-refractivity contribution in [3.8, 4) is 11.7 Å². The van der Waals surface area contributed by atoms with Crippen molar-refractivity contribution in [2.75, 3.05) is 0 Å². The highest BCUT2D eigenvalue weighted by molar-refractivity contribution is 6.32. The summed E-state index contributed by atoms with van der Waals surface area (Å²) in [5, 5.41) is 11.7. The van der Waals surface area contributed by atoms with Crippen LogP contribution in [-0.2, 0) is 6.18 Å². The van der Waals surface area contributed by atoms with Gasteiger partial charge in [-0.05, 0) is 12.1 Å². The van der Waals surface area contributed by atoms with E-state index < -0.39 is 23.9 Å². The minimum absolute atomic E-state index is 0.0143. The average Bonchev–Trinajstić information content (AvgIpc) is 2.72. The number of carbonyl (C=O) groups is 1. The lowest BCUT2D eigenvalue weighted by atomic mass is 10.4. The summed E-state index contributed by atoms with van der Waals surface area (Å²) >= 11 is 5.78. The number of aromatic nitrogens is 3. The quantitative estimate of drug-likeness (QED) is 0.863. The van der Waals surface area contributed by atoms with Crippen molar-refractivity contribution >= 4 is 17.8 Å². The maximum atomic E-state index is 12.6. The largest absolute Gasteiger partial charge is 0.512 e. The second-order valence-corrected chi connectivity index (χ2v) is 3.86. The molecule has 0 aliphatic rings. The fourth-order valence-corrected chi connectivity index (χ4v) is 1.55. The fourth-order valence-electron chi connectivity index (χ4n) is 1.35. The molecule has 0 radical (unpaired) electrons. The molecule has 0 unspecified atom stereocenters. The van der Waals surface area contributed by atoms with Gasteiger partial charge in [0, 0.05) is 12.3 Å². The Hall–Kier alpha value is -2.29. The first-order valence-electron chi connectivity index (χ1n) is 4.98. The fraction of sp³-hybridized carbons (Fsp3) is 0.100. The molecule has 0 fully saturated rings. The summed E-state index contributed by atoms with van der Waals surface area (Å²) in [6, 6.07) is 3.26. The van der Waals surface area contributed by atoms with Gasteiger partial charge in [-0.2, -0.15) is 23.0 Å². The SMILES string of the molecule is O=C(O)Oc1cc(C(F)(F)F)nn1-c1ncccc1Cl. The zero-order valence-electron chi connectivity index (χ0n) is 9.43. The molecule has 0 atom stereocenters. The number of nitrogens with zero attached hydrogens (tertiary/aromatic N) is 3. The van der Waals surface area contributed by atoms with Crippen molar-refractivity contribution in [2.24, 2.45) is 0 Å². The molecule has 6 nitrogen and oxygen atoms in total. The molecule has 0 amide bonds. The first kappa shape index (κ1) is 14.1. The normalized spacial score (nSPS) is 11.4. The Morgan fingerprint density at radius 3 is 2.70 bits per heavy atom. The number of alkyl halides is 3. The molecule has 10 heteroatoms. The Balaban J connectivity index is 2.59. The minimum atomic E-state index is -4.76. The highest BCUT2D eigenvalue weighted by atomic mass is 35.5. The third-order valence-corrected chi connectivity index (χ3v) is 2.39. The lowest BCUT2D eigenvalue weighted by molar-refractivity contribution is -0.141. The molecule has 0 aromatic carbocycles. The maximum Gasteiger partial charge on any atom is 0.512 e. The smallest absolute Gasteiger partial charge is 0.449 e. The van der Waals surface area contributed by atoms with Crippen LogP contribution in [0.4, 0.5) is 18.0 Å². The van der Waals surface area contributed by atoms with Gasteiger partial charge in [0.15, 0.2) is 11.5 Å². The molecular formula is C10H5ClF3N3O3. The van der Waals surface area contributed by atoms with Crippen LogP contribution in [0.1, 0.15) is 5.69 Å². The monoisotopic (exact) mass is 307 g/mol. The van der Waals surface area contributed by atoms with E-state index in [0.29, 0.717) is 10.7 Å². The maximum absolute atomic E-state index is 12.6. The van der Waals surface area contributed by atoms with Crippen LogP contribution in [0, 0.1) is 0 Å². The Morgan fingerprint density at radius 1 is 1.45 bits per heavy atom. The summed E-state index contributed by atoms with van der Waals surface area (Å²) in [6.45, 7) is 0. The van der Waals surface area contributed by atoms with E-state index in [1.54, 1.807) is 0 Å². The molecular weight excluding hydrogens is 303 g/mol. The molecule has 0 saturated heterocycles. The molecule has 1 N–H and O–H groups in total. The van der Waals surface area contributed by atoms with Crippen LogP contribution in [0.15, 0.2) is 24.4 Å². The molecule has 0 aliphatic carbocycles. The van der Waals surface area contributed by atoms with E-state index in [4.69, 9.17) is 16.7 Å². The molecule has 2 rings (SSSR count). The number of carboxylic acid groups (broad SMARTS) is 1. The van der Waals surface area contributed by atoms with E-state index in [1.807, 2.05) is 0 Å². The topological polar surface area (TPSA) is 77.2 Å². The number of halogens is 4. The lowest BCUT2D eigenvalue weighted by Crippen LogP contribution is -2.10. The summed E-state index contributed by atoms with van der Waals surface area (Å²) in [7, 11) is 0. The Labute approximate surface area is 114 Å². The molecule has 0 saturated carbocycles. The summed E-state index contributed by atoms with van der Waals surface area (Å²) in [5.41, 5.74) is -1.32. The molecule has 2 aromatic rings. The highest BCUT2D eigenvalue weighted by Crippen LogP contribution is 2.32. The Kier molecular flexibility index (Phi) is 3.53. The standard InChI is InChI=1S/C10H5ClF3N3O3/c11-5-2-1-3-15-8(5)17-7(20-9(18)19)4-6(16-17)10(12,13)14/h1-4H,(H,18,19). The Morgan fingerprint density at radius 2 is 2.15 bits per heavy atom. The summed E-state index contributed by atoms with van der Waals surface area (Å²) in [4.78, 5) is 14.2. The number of ether oxygens (including phenoxy) is 1. The van der Waals surface area contributed by atoms with Crippen LogP contribution < -0.4 is 4.74 Å². The van der Waals surface area contributed by atoms with Crippen molar-refractivity contribution in [3.05, 3.63) is 35.1 Å². The average molecular weight is 308 g/mol. The zero-order valence-corrected chi connectivity index (χ0v) is 10.2. The number of hydrogen-bond donors (Lipinski definition) is 1. The van der Waals surface area contributed by atoms with Gasteiger partial charge in [-0.15, -0.1) is 0 Å². The van der Waals surface area contributed by atoms with Crippen molar-refractivity contribution in [1.82, 2.24) is 14.8 Å². The van der Waals surface area contributed by atoms with Crippen molar-refractivity contribution in [1.29, 1.82) is 0 Å². The highest BCUT2D eigenvalue weighted by Gasteiger charge is 2.36. The van der Waals surface area contributed by atoms with Crippen LogP contribution in [-0.4, -0.2) is 26.0 Å². The molecule has 2 heterocycles. The van der Waals surface area contributed by atoms with E-state index >= 15 is 0 Å². The van der Waals surface area contributed by atoms with Gasteiger partial charge in [-0.1, -0.05) is 11.6 Å². The van der Waals surface area contributed by atoms with Gasteiger partial charge in [0.25, 0.3) is 0 Å². The van der Waals surface area contributed by atoms with Gasteiger partial charge in [0.1, 0.15) is 0 Å². The second-order valence-electron chi connectivity index (χ2n) is 3.45. The lowest BCUT2D eigenvalue weighted by Gasteiger charge is -2.06. The Bertz CT molecular complexity index is 657. The van der Waals surface area contributed by atoms with Gasteiger partial charge >= 0.3 is 12.3 Å². The number of rotatable bonds is 2. The van der Waals surface area contributed by atoms with E-state index in [0.717, 1.165) is 0 Å². The van der Waals surface area contributed by atoms with Gasteiger partial charge in [-0.25, -0.2) is 9.78 Å². The number of pyridine rings is 1. The van der Waals surface area contributed by atoms with Crippen LogP contribution in [0.25, 0.3) is 5.82 Å². The van der Waals surface area contributed by atoms with Crippen molar-refractivity contribution in [2.45, 2.75) is 6.18 Å². The molecule has 106 valence electrons. The van der Waals surface area contributed by atoms with Crippen LogP contribution in [0.5, 0.6) is 5.88 Å². The molecule has 0 aliphatic heterocycles. The van der Waals surface area contributed by atoms with E-state index in [2.05, 4.69) is 14.8 Å². The third kappa shape index (κ3) is 2.82. The summed E-state index contributed by atoms with van der Waals surface area (Å²) in [5.74, 6) is -0.841. The minimum Gasteiger partial charge on any atom is -0.449 e. The van der Waals surface area contributed by atoms with E-state index in [9.17, 15) is 18.0 Å².